The van der Waals surface area contributed by atoms with E-state index in [4.69, 9.17) is 38.7 Å². The molecule has 0 saturated carbocycles. The summed E-state index contributed by atoms with van der Waals surface area (Å²) in [7, 11) is 1.56. The highest BCUT2D eigenvalue weighted by molar-refractivity contribution is 6.42. The van der Waals surface area contributed by atoms with Crippen LogP contribution in [0.3, 0.4) is 0 Å². The molecule has 0 aliphatic carbocycles. The SMILES string of the molecule is COc1ccccc1-c1cc(C(=O)NN(C(N)=O)c2ccc(Cl)c(Cl)c2)c2ccccc2n1. The van der Waals surface area contributed by atoms with Crippen molar-refractivity contribution in [2.24, 2.45) is 5.73 Å². The fourth-order valence-corrected chi connectivity index (χ4v) is 3.68. The zero-order chi connectivity index (χ0) is 23.5. The molecule has 0 saturated heterocycles. The van der Waals surface area contributed by atoms with Crippen LogP contribution in [0.2, 0.25) is 10.0 Å². The number of amides is 3. The predicted molar refractivity (Wildman–Crippen MR) is 130 cm³/mol. The Bertz CT molecular complexity index is 1380. The van der Waals surface area contributed by atoms with Gasteiger partial charge in [0.25, 0.3) is 5.91 Å². The summed E-state index contributed by atoms with van der Waals surface area (Å²) in [5, 5.41) is 2.02. The molecule has 7 nitrogen and oxygen atoms in total. The third kappa shape index (κ3) is 4.55. The maximum Gasteiger partial charge on any atom is 0.338 e. The molecule has 166 valence electrons. The van der Waals surface area contributed by atoms with Gasteiger partial charge in [0.15, 0.2) is 0 Å². The van der Waals surface area contributed by atoms with Gasteiger partial charge in [-0.25, -0.2) is 14.8 Å². The van der Waals surface area contributed by atoms with E-state index in [0.29, 0.717) is 32.9 Å². The first kappa shape index (κ1) is 22.4. The zero-order valence-electron chi connectivity index (χ0n) is 17.4. The molecule has 0 aliphatic rings. The van der Waals surface area contributed by atoms with Crippen LogP contribution in [0.5, 0.6) is 5.75 Å². The Kier molecular flexibility index (Phi) is 6.35. The topological polar surface area (TPSA) is 97.5 Å². The molecule has 0 atom stereocenters. The van der Waals surface area contributed by atoms with Crippen LogP contribution in [-0.2, 0) is 0 Å². The second-order valence-corrected chi connectivity index (χ2v) is 7.80. The average molecular weight is 481 g/mol. The Morgan fingerprint density at radius 2 is 1.70 bits per heavy atom. The Labute approximate surface area is 199 Å². The number of hydrazine groups is 1. The van der Waals surface area contributed by atoms with Gasteiger partial charge in [0, 0.05) is 10.9 Å². The zero-order valence-corrected chi connectivity index (χ0v) is 18.9. The molecular weight excluding hydrogens is 463 g/mol. The first-order chi connectivity index (χ1) is 15.9. The van der Waals surface area contributed by atoms with Gasteiger partial charge in [-0.2, -0.15) is 0 Å². The molecule has 33 heavy (non-hydrogen) atoms. The number of primary amides is 1. The smallest absolute Gasteiger partial charge is 0.338 e. The van der Waals surface area contributed by atoms with Crippen molar-refractivity contribution in [1.29, 1.82) is 0 Å². The molecule has 0 radical (unpaired) electrons. The van der Waals surface area contributed by atoms with Gasteiger partial charge in [-0.15, -0.1) is 0 Å². The minimum Gasteiger partial charge on any atom is -0.496 e. The van der Waals surface area contributed by atoms with Gasteiger partial charge in [-0.1, -0.05) is 53.5 Å². The lowest BCUT2D eigenvalue weighted by Crippen LogP contribution is -2.49. The third-order valence-corrected chi connectivity index (χ3v) is 5.68. The van der Waals surface area contributed by atoms with Crippen molar-refractivity contribution in [3.05, 3.63) is 88.4 Å². The van der Waals surface area contributed by atoms with Crippen molar-refractivity contribution in [2.75, 3.05) is 12.1 Å². The first-order valence-electron chi connectivity index (χ1n) is 9.78. The van der Waals surface area contributed by atoms with E-state index in [9.17, 15) is 9.59 Å². The van der Waals surface area contributed by atoms with E-state index in [1.165, 1.54) is 18.2 Å². The molecule has 4 rings (SSSR count). The lowest BCUT2D eigenvalue weighted by Gasteiger charge is -2.22. The van der Waals surface area contributed by atoms with E-state index >= 15 is 0 Å². The summed E-state index contributed by atoms with van der Waals surface area (Å²) >= 11 is 12.0. The number of aromatic nitrogens is 1. The molecular formula is C24H18Cl2N4O3. The molecule has 0 unspecified atom stereocenters. The molecule has 9 heteroatoms. The lowest BCUT2D eigenvalue weighted by atomic mass is 10.0. The first-order valence-corrected chi connectivity index (χ1v) is 10.5. The molecule has 3 N–H and O–H groups in total. The van der Waals surface area contributed by atoms with E-state index in [1.54, 1.807) is 31.4 Å². The van der Waals surface area contributed by atoms with Gasteiger partial charge in [0.05, 0.1) is 39.6 Å². The number of nitrogens with zero attached hydrogens (tertiary/aromatic N) is 2. The maximum atomic E-state index is 13.4. The fourth-order valence-electron chi connectivity index (χ4n) is 3.39. The summed E-state index contributed by atoms with van der Waals surface area (Å²) < 4.78 is 5.45. The minimum atomic E-state index is -0.898. The van der Waals surface area contributed by atoms with Crippen LogP contribution < -0.4 is 20.9 Å². The summed E-state index contributed by atoms with van der Waals surface area (Å²) in [6.45, 7) is 0. The second kappa shape index (κ2) is 9.36. The number of halogens is 2. The molecule has 0 spiro atoms. The molecule has 0 fully saturated rings. The molecule has 4 aromatic rings. The summed E-state index contributed by atoms with van der Waals surface area (Å²) in [6, 6.07) is 19.8. The van der Waals surface area contributed by atoms with Gasteiger partial charge in [-0.05, 0) is 42.5 Å². The highest BCUT2D eigenvalue weighted by Gasteiger charge is 2.21. The van der Waals surface area contributed by atoms with Crippen LogP contribution >= 0.6 is 23.2 Å². The average Bonchev–Trinajstić information content (AvgIpc) is 2.83. The van der Waals surface area contributed by atoms with Crippen molar-refractivity contribution in [3.63, 3.8) is 0 Å². The van der Waals surface area contributed by atoms with Crippen molar-refractivity contribution >= 4 is 51.7 Å². The number of hydrogen-bond acceptors (Lipinski definition) is 4. The molecule has 0 bridgehead atoms. The Balaban J connectivity index is 1.80. The number of urea groups is 1. The monoisotopic (exact) mass is 480 g/mol. The number of nitrogens with two attached hydrogens (primary N) is 1. The van der Waals surface area contributed by atoms with Crippen LogP contribution in [0.1, 0.15) is 10.4 Å². The van der Waals surface area contributed by atoms with Crippen molar-refractivity contribution in [1.82, 2.24) is 10.4 Å². The number of ether oxygens (including phenoxy) is 1. The number of carbonyl (C=O) groups is 2. The number of para-hydroxylation sites is 2. The lowest BCUT2D eigenvalue weighted by molar-refractivity contribution is 0.0952. The number of pyridine rings is 1. The van der Waals surface area contributed by atoms with Crippen LogP contribution in [-0.4, -0.2) is 24.0 Å². The standard InChI is InChI=1S/C24H18Cl2N4O3/c1-33-22-9-5-3-7-16(22)21-13-17(15-6-2-4-8-20(15)28-21)23(31)29-30(24(27)32)14-10-11-18(25)19(26)12-14/h2-13H,1H3,(H2,27,32)(H,29,31). The highest BCUT2D eigenvalue weighted by atomic mass is 35.5. The number of hydrogen-bond donors (Lipinski definition) is 2. The van der Waals surface area contributed by atoms with Crippen LogP contribution in [0, 0.1) is 0 Å². The van der Waals surface area contributed by atoms with E-state index in [0.717, 1.165) is 10.6 Å². The normalized spacial score (nSPS) is 10.6. The van der Waals surface area contributed by atoms with Gasteiger partial charge in [0.2, 0.25) is 0 Å². The van der Waals surface area contributed by atoms with Gasteiger partial charge in [-0.3, -0.25) is 10.2 Å². The van der Waals surface area contributed by atoms with E-state index in [1.807, 2.05) is 30.3 Å². The minimum absolute atomic E-state index is 0.211. The predicted octanol–water partition coefficient (Wildman–Crippen LogP) is 5.45. The van der Waals surface area contributed by atoms with Crippen LogP contribution in [0.15, 0.2) is 72.8 Å². The molecule has 1 heterocycles. The molecule has 0 aliphatic heterocycles. The number of carbonyl (C=O) groups excluding carboxylic acids is 2. The Morgan fingerprint density at radius 1 is 0.970 bits per heavy atom. The quantitative estimate of drug-likeness (QED) is 0.379. The third-order valence-electron chi connectivity index (χ3n) is 4.94. The number of benzene rings is 3. The fraction of sp³-hybridized carbons (Fsp3) is 0.0417. The van der Waals surface area contributed by atoms with Gasteiger partial charge >= 0.3 is 6.03 Å². The van der Waals surface area contributed by atoms with Crippen LogP contribution in [0.4, 0.5) is 10.5 Å². The highest BCUT2D eigenvalue weighted by Crippen LogP contribution is 2.32. The van der Waals surface area contributed by atoms with E-state index in [2.05, 4.69) is 5.43 Å². The Hall–Kier alpha value is -3.81. The summed E-state index contributed by atoms with van der Waals surface area (Å²) in [6.07, 6.45) is 0. The largest absolute Gasteiger partial charge is 0.496 e. The van der Waals surface area contributed by atoms with Crippen molar-refractivity contribution in [3.8, 4) is 17.0 Å². The van der Waals surface area contributed by atoms with Crippen molar-refractivity contribution < 1.29 is 14.3 Å². The van der Waals surface area contributed by atoms with E-state index in [-0.39, 0.29) is 10.7 Å². The summed E-state index contributed by atoms with van der Waals surface area (Å²) in [5.41, 5.74) is 10.5. The number of methoxy groups -OCH3 is 1. The van der Waals surface area contributed by atoms with Gasteiger partial charge < -0.3 is 10.5 Å². The number of rotatable bonds is 4. The van der Waals surface area contributed by atoms with Crippen molar-refractivity contribution in [2.45, 2.75) is 0 Å². The maximum absolute atomic E-state index is 13.4. The number of anilines is 1. The molecule has 3 amide bonds. The number of fused-ring (bicyclic) bond motifs is 1. The molecule has 3 aromatic carbocycles. The summed E-state index contributed by atoms with van der Waals surface area (Å²) in [5.74, 6) is 0.0517. The molecule has 1 aromatic heterocycles. The number of nitrogens with one attached hydrogen (secondary N) is 1. The van der Waals surface area contributed by atoms with E-state index < -0.39 is 11.9 Å². The Morgan fingerprint density at radius 3 is 2.42 bits per heavy atom. The second-order valence-electron chi connectivity index (χ2n) is 6.99. The van der Waals surface area contributed by atoms with Crippen LogP contribution in [0.25, 0.3) is 22.2 Å². The summed E-state index contributed by atoms with van der Waals surface area (Å²) in [4.78, 5) is 30.2. The van der Waals surface area contributed by atoms with Gasteiger partial charge in [0.1, 0.15) is 5.75 Å².